The lowest BCUT2D eigenvalue weighted by Gasteiger charge is -2.40. The van der Waals surface area contributed by atoms with E-state index in [9.17, 15) is 17.6 Å². The topological polar surface area (TPSA) is 69.7 Å². The van der Waals surface area contributed by atoms with Crippen molar-refractivity contribution in [2.45, 2.75) is 18.5 Å². The third-order valence-electron chi connectivity index (χ3n) is 5.91. The van der Waals surface area contributed by atoms with Gasteiger partial charge in [0.05, 0.1) is 11.5 Å². The van der Waals surface area contributed by atoms with Crippen LogP contribution in [0.25, 0.3) is 0 Å². The highest BCUT2D eigenvalue weighted by atomic mass is 32.2. The van der Waals surface area contributed by atoms with Crippen molar-refractivity contribution < 1.29 is 17.6 Å². The summed E-state index contributed by atoms with van der Waals surface area (Å²) in [6.45, 7) is 2.81. The van der Waals surface area contributed by atoms with Gasteiger partial charge in [0.2, 0.25) is 5.91 Å². The molecule has 2 fully saturated rings. The van der Waals surface area contributed by atoms with E-state index in [1.807, 2.05) is 30.3 Å². The van der Waals surface area contributed by atoms with Crippen LogP contribution in [-0.4, -0.2) is 67.9 Å². The fourth-order valence-corrected chi connectivity index (χ4v) is 6.09. The van der Waals surface area contributed by atoms with Crippen LogP contribution in [-0.2, 0) is 14.6 Å². The number of hydrogen-bond acceptors (Lipinski definition) is 5. The van der Waals surface area contributed by atoms with E-state index in [-0.39, 0.29) is 29.3 Å². The molecule has 4 rings (SSSR count). The molecule has 2 saturated heterocycles. The van der Waals surface area contributed by atoms with Crippen molar-refractivity contribution in [3.05, 3.63) is 66.0 Å². The highest BCUT2D eigenvalue weighted by molar-refractivity contribution is 7.91. The van der Waals surface area contributed by atoms with Crippen LogP contribution in [0, 0.1) is 5.82 Å². The predicted octanol–water partition coefficient (Wildman–Crippen LogP) is 2.31. The molecular weight excluding hydrogens is 405 g/mol. The van der Waals surface area contributed by atoms with E-state index in [1.165, 1.54) is 12.1 Å². The minimum atomic E-state index is -2.91. The molecule has 2 aromatic carbocycles. The van der Waals surface area contributed by atoms with Crippen LogP contribution in [0.3, 0.4) is 0 Å². The van der Waals surface area contributed by atoms with Crippen molar-refractivity contribution in [1.29, 1.82) is 0 Å². The van der Waals surface area contributed by atoms with Crippen LogP contribution in [0.2, 0.25) is 0 Å². The van der Waals surface area contributed by atoms with Crippen molar-refractivity contribution >= 4 is 21.4 Å². The van der Waals surface area contributed by atoms with Crippen molar-refractivity contribution in [2.24, 2.45) is 0 Å². The van der Waals surface area contributed by atoms with Gasteiger partial charge in [0.1, 0.15) is 11.9 Å². The lowest BCUT2D eigenvalue weighted by molar-refractivity contribution is -0.122. The maximum atomic E-state index is 13.2. The van der Waals surface area contributed by atoms with E-state index in [0.29, 0.717) is 25.2 Å². The first-order valence-corrected chi connectivity index (χ1v) is 12.0. The molecule has 1 amide bonds. The van der Waals surface area contributed by atoms with Gasteiger partial charge in [-0.3, -0.25) is 14.6 Å². The Labute approximate surface area is 176 Å². The molecule has 2 aromatic rings. The lowest BCUT2D eigenvalue weighted by Crippen LogP contribution is -2.53. The Morgan fingerprint density at radius 3 is 2.27 bits per heavy atom. The number of sulfone groups is 1. The predicted molar refractivity (Wildman–Crippen MR) is 114 cm³/mol. The van der Waals surface area contributed by atoms with Gasteiger partial charge in [-0.25, -0.2) is 12.8 Å². The van der Waals surface area contributed by atoms with Crippen LogP contribution in [0.1, 0.15) is 18.0 Å². The highest BCUT2D eigenvalue weighted by Crippen LogP contribution is 2.26. The number of halogens is 1. The summed E-state index contributed by atoms with van der Waals surface area (Å²) in [5, 5.41) is 2.90. The summed E-state index contributed by atoms with van der Waals surface area (Å²) in [7, 11) is -2.91. The van der Waals surface area contributed by atoms with Crippen molar-refractivity contribution in [3.8, 4) is 0 Å². The van der Waals surface area contributed by atoms with Crippen molar-refractivity contribution in [3.63, 3.8) is 0 Å². The molecule has 160 valence electrons. The Bertz CT molecular complexity index is 974. The summed E-state index contributed by atoms with van der Waals surface area (Å²) in [5.41, 5.74) is 1.45. The minimum absolute atomic E-state index is 0.0837. The van der Waals surface area contributed by atoms with Gasteiger partial charge in [-0.1, -0.05) is 30.3 Å². The fourth-order valence-electron chi connectivity index (χ4n) is 4.33. The Morgan fingerprint density at radius 1 is 1.00 bits per heavy atom. The number of anilines is 1. The second kappa shape index (κ2) is 8.83. The highest BCUT2D eigenvalue weighted by Gasteiger charge is 2.36. The quantitative estimate of drug-likeness (QED) is 0.787. The van der Waals surface area contributed by atoms with Crippen LogP contribution in [0.15, 0.2) is 54.6 Å². The molecule has 1 N–H and O–H groups in total. The number of carbonyl (C=O) groups excluding carboxylic acids is 1. The van der Waals surface area contributed by atoms with E-state index in [4.69, 9.17) is 0 Å². The van der Waals surface area contributed by atoms with E-state index >= 15 is 0 Å². The average Bonchev–Trinajstić information content (AvgIpc) is 3.11. The molecule has 0 bridgehead atoms. The van der Waals surface area contributed by atoms with Gasteiger partial charge < -0.3 is 5.32 Å². The monoisotopic (exact) mass is 431 g/mol. The molecule has 0 spiro atoms. The van der Waals surface area contributed by atoms with Crippen LogP contribution >= 0.6 is 0 Å². The number of hydrogen-bond donors (Lipinski definition) is 1. The van der Waals surface area contributed by atoms with Gasteiger partial charge in [0.15, 0.2) is 9.84 Å². The molecule has 0 saturated carbocycles. The molecule has 0 aliphatic carbocycles. The Hall–Kier alpha value is -2.29. The average molecular weight is 432 g/mol. The third-order valence-corrected chi connectivity index (χ3v) is 7.66. The third kappa shape index (κ3) is 4.88. The van der Waals surface area contributed by atoms with Crippen molar-refractivity contribution in [2.75, 3.05) is 43.0 Å². The van der Waals surface area contributed by atoms with Gasteiger partial charge in [0, 0.05) is 37.9 Å². The largest absolute Gasteiger partial charge is 0.324 e. The summed E-state index contributed by atoms with van der Waals surface area (Å²) in [5.74, 6) is -0.00698. The van der Waals surface area contributed by atoms with E-state index < -0.39 is 15.9 Å². The smallest absolute Gasteiger partial charge is 0.246 e. The van der Waals surface area contributed by atoms with Crippen LogP contribution < -0.4 is 5.32 Å². The van der Waals surface area contributed by atoms with Gasteiger partial charge >= 0.3 is 0 Å². The van der Waals surface area contributed by atoms with Gasteiger partial charge in [0.25, 0.3) is 0 Å². The molecule has 2 aliphatic heterocycles. The summed E-state index contributed by atoms with van der Waals surface area (Å²) in [6, 6.07) is 15.0. The molecule has 2 aliphatic rings. The molecule has 2 unspecified atom stereocenters. The molecule has 2 atom stereocenters. The summed E-state index contributed by atoms with van der Waals surface area (Å²) in [4.78, 5) is 17.6. The Morgan fingerprint density at radius 2 is 1.67 bits per heavy atom. The molecule has 6 nitrogen and oxygen atoms in total. The first-order valence-electron chi connectivity index (χ1n) is 10.2. The zero-order valence-corrected chi connectivity index (χ0v) is 17.5. The Balaban J connectivity index is 1.47. The summed E-state index contributed by atoms with van der Waals surface area (Å²) in [6.07, 6.45) is 0.690. The molecule has 0 aromatic heterocycles. The van der Waals surface area contributed by atoms with E-state index in [0.717, 1.165) is 18.7 Å². The molecule has 8 heteroatoms. The molecule has 2 heterocycles. The van der Waals surface area contributed by atoms with Gasteiger partial charge in [-0.2, -0.15) is 0 Å². The first kappa shape index (κ1) is 21.0. The number of benzene rings is 2. The number of amides is 1. The second-order valence-electron chi connectivity index (χ2n) is 7.94. The summed E-state index contributed by atoms with van der Waals surface area (Å²) < 4.78 is 36.8. The van der Waals surface area contributed by atoms with E-state index in [2.05, 4.69) is 15.1 Å². The maximum Gasteiger partial charge on any atom is 0.246 e. The van der Waals surface area contributed by atoms with Crippen molar-refractivity contribution in [1.82, 2.24) is 9.80 Å². The standard InChI is InChI=1S/C22H26FN3O3S/c23-18-6-8-19(9-7-18)24-22(27)21(17-4-2-1-3-5-17)26-13-11-25(12-14-26)20-10-15-30(28,29)16-20/h1-9,20-21H,10-16H2,(H,24,27). The molecule has 30 heavy (non-hydrogen) atoms. The normalized spacial score (nSPS) is 23.2. The number of nitrogens with zero attached hydrogens (tertiary/aromatic N) is 2. The lowest BCUT2D eigenvalue weighted by atomic mass is 10.0. The number of nitrogens with one attached hydrogen (secondary N) is 1. The number of carbonyl (C=O) groups is 1. The second-order valence-corrected chi connectivity index (χ2v) is 10.2. The van der Waals surface area contributed by atoms with Crippen LogP contribution in [0.5, 0.6) is 0 Å². The van der Waals surface area contributed by atoms with E-state index in [1.54, 1.807) is 12.1 Å². The first-order chi connectivity index (χ1) is 14.4. The fraction of sp³-hybridized carbons (Fsp3) is 0.409. The SMILES string of the molecule is O=C(Nc1ccc(F)cc1)C(c1ccccc1)N1CCN(C2CCS(=O)(=O)C2)CC1. The zero-order chi connectivity index (χ0) is 21.1. The van der Waals surface area contributed by atoms with Crippen LogP contribution in [0.4, 0.5) is 10.1 Å². The zero-order valence-electron chi connectivity index (χ0n) is 16.7. The molecule has 0 radical (unpaired) electrons. The number of rotatable bonds is 5. The van der Waals surface area contributed by atoms with Gasteiger partial charge in [-0.15, -0.1) is 0 Å². The van der Waals surface area contributed by atoms with Gasteiger partial charge in [-0.05, 0) is 36.2 Å². The minimum Gasteiger partial charge on any atom is -0.324 e. The number of piperazine rings is 1. The summed E-state index contributed by atoms with van der Waals surface area (Å²) >= 11 is 0. The maximum absolute atomic E-state index is 13.2. The Kier molecular flexibility index (Phi) is 6.17. The molecular formula is C22H26FN3O3S.